The molecule has 2 aromatic heterocycles. The third-order valence-corrected chi connectivity index (χ3v) is 3.57. The molecule has 0 bridgehead atoms. The highest BCUT2D eigenvalue weighted by atomic mass is 79.9. The number of halogens is 1. The summed E-state index contributed by atoms with van der Waals surface area (Å²) in [7, 11) is 1.45. The van der Waals surface area contributed by atoms with Crippen molar-refractivity contribution in [1.82, 2.24) is 15.0 Å². The van der Waals surface area contributed by atoms with Crippen molar-refractivity contribution in [2.45, 2.75) is 0 Å². The summed E-state index contributed by atoms with van der Waals surface area (Å²) in [6, 6.07) is 9.44. The van der Waals surface area contributed by atoms with Gasteiger partial charge in [0, 0.05) is 22.3 Å². The van der Waals surface area contributed by atoms with Gasteiger partial charge in [-0.1, -0.05) is 18.2 Å². The van der Waals surface area contributed by atoms with Crippen LogP contribution in [0.15, 0.2) is 47.2 Å². The summed E-state index contributed by atoms with van der Waals surface area (Å²) in [5.41, 5.74) is 1.17. The van der Waals surface area contributed by atoms with Crippen molar-refractivity contribution in [3.8, 4) is 5.88 Å². The number of hydrogen-bond acceptors (Lipinski definition) is 5. The molecule has 0 aliphatic carbocycles. The van der Waals surface area contributed by atoms with Crippen LogP contribution < -0.4 is 4.74 Å². The first-order chi connectivity index (χ1) is 10.2. The lowest BCUT2D eigenvalue weighted by molar-refractivity contribution is 0.102. The molecule has 0 radical (unpaired) electrons. The van der Waals surface area contributed by atoms with Gasteiger partial charge in [0.2, 0.25) is 11.7 Å². The lowest BCUT2D eigenvalue weighted by Gasteiger charge is -2.07. The third-order valence-electron chi connectivity index (χ3n) is 2.97. The Morgan fingerprint density at radius 3 is 2.71 bits per heavy atom. The second-order valence-corrected chi connectivity index (χ2v) is 5.11. The molecule has 0 aliphatic rings. The molecule has 0 atom stereocenters. The normalized spacial score (nSPS) is 10.6. The number of benzene rings is 1. The Hall–Kier alpha value is -2.34. The van der Waals surface area contributed by atoms with E-state index >= 15 is 0 Å². The average Bonchev–Trinajstić information content (AvgIpc) is 2.53. The fourth-order valence-electron chi connectivity index (χ4n) is 1.99. The first-order valence-electron chi connectivity index (χ1n) is 6.15. The van der Waals surface area contributed by atoms with Crippen LogP contribution in [0.4, 0.5) is 0 Å². The molecule has 1 aromatic carbocycles. The van der Waals surface area contributed by atoms with Crippen molar-refractivity contribution in [2.75, 3.05) is 7.11 Å². The van der Waals surface area contributed by atoms with Crippen molar-refractivity contribution in [1.29, 1.82) is 0 Å². The van der Waals surface area contributed by atoms with Crippen LogP contribution in [0.2, 0.25) is 0 Å². The Kier molecular flexibility index (Phi) is 3.62. The highest BCUT2D eigenvalue weighted by molar-refractivity contribution is 9.10. The smallest absolute Gasteiger partial charge is 0.243 e. The molecule has 2 heterocycles. The molecule has 0 spiro atoms. The number of aromatic nitrogens is 3. The van der Waals surface area contributed by atoms with Gasteiger partial charge in [-0.25, -0.2) is 15.0 Å². The molecule has 21 heavy (non-hydrogen) atoms. The molecule has 0 aliphatic heterocycles. The first-order valence-corrected chi connectivity index (χ1v) is 6.95. The Labute approximate surface area is 129 Å². The zero-order chi connectivity index (χ0) is 14.8. The van der Waals surface area contributed by atoms with Gasteiger partial charge < -0.3 is 4.74 Å². The van der Waals surface area contributed by atoms with Crippen LogP contribution >= 0.6 is 15.9 Å². The summed E-state index contributed by atoms with van der Waals surface area (Å²) in [6.07, 6.45) is 2.92. The number of ketones is 1. The van der Waals surface area contributed by atoms with Crippen molar-refractivity contribution >= 4 is 32.6 Å². The zero-order valence-corrected chi connectivity index (χ0v) is 12.7. The Morgan fingerprint density at radius 1 is 1.14 bits per heavy atom. The Morgan fingerprint density at radius 2 is 1.90 bits per heavy atom. The average molecular weight is 344 g/mol. The summed E-state index contributed by atoms with van der Waals surface area (Å²) in [4.78, 5) is 25.1. The van der Waals surface area contributed by atoms with Crippen LogP contribution in [0, 0.1) is 0 Å². The number of rotatable bonds is 3. The van der Waals surface area contributed by atoms with E-state index in [2.05, 4.69) is 30.9 Å². The fourth-order valence-corrected chi connectivity index (χ4v) is 2.51. The van der Waals surface area contributed by atoms with E-state index in [1.54, 1.807) is 0 Å². The van der Waals surface area contributed by atoms with Gasteiger partial charge >= 0.3 is 0 Å². The monoisotopic (exact) mass is 343 g/mol. The second-order valence-electron chi connectivity index (χ2n) is 4.25. The van der Waals surface area contributed by atoms with Crippen LogP contribution in [-0.2, 0) is 0 Å². The molecule has 0 saturated carbocycles. The molecule has 6 heteroatoms. The summed E-state index contributed by atoms with van der Waals surface area (Å²) in [5, 5.41) is 0.951. The third kappa shape index (κ3) is 2.50. The van der Waals surface area contributed by atoms with Crippen molar-refractivity contribution in [2.24, 2.45) is 0 Å². The molecule has 0 amide bonds. The van der Waals surface area contributed by atoms with Crippen molar-refractivity contribution < 1.29 is 9.53 Å². The van der Waals surface area contributed by atoms with E-state index in [0.29, 0.717) is 4.47 Å². The lowest BCUT2D eigenvalue weighted by Crippen LogP contribution is -2.10. The number of methoxy groups -OCH3 is 1. The lowest BCUT2D eigenvalue weighted by atomic mass is 10.1. The van der Waals surface area contributed by atoms with Crippen LogP contribution in [-0.4, -0.2) is 27.8 Å². The fraction of sp³-hybridized carbons (Fsp3) is 0.0667. The van der Waals surface area contributed by atoms with Crippen LogP contribution in [0.5, 0.6) is 5.88 Å². The topological polar surface area (TPSA) is 65.0 Å². The van der Waals surface area contributed by atoms with Gasteiger partial charge in [0.15, 0.2) is 5.69 Å². The molecule has 0 saturated heterocycles. The second kappa shape index (κ2) is 5.57. The number of hydrogen-bond donors (Lipinski definition) is 0. The highest BCUT2D eigenvalue weighted by Crippen LogP contribution is 2.25. The van der Waals surface area contributed by atoms with Gasteiger partial charge in [-0.2, -0.15) is 0 Å². The van der Waals surface area contributed by atoms with Gasteiger partial charge in [0.1, 0.15) is 5.69 Å². The molecule has 3 rings (SSSR count). The number of carbonyl (C=O) groups excluding carboxylic acids is 1. The van der Waals surface area contributed by atoms with E-state index in [9.17, 15) is 4.79 Å². The molecule has 0 fully saturated rings. The van der Waals surface area contributed by atoms with Gasteiger partial charge in [-0.3, -0.25) is 4.79 Å². The number of fused-ring (bicyclic) bond motifs is 1. The molecule has 3 aromatic rings. The summed E-state index contributed by atoms with van der Waals surface area (Å²) < 4.78 is 5.69. The number of nitrogens with zero attached hydrogens (tertiary/aromatic N) is 3. The maximum absolute atomic E-state index is 12.6. The molecule has 104 valence electrons. The zero-order valence-electron chi connectivity index (χ0n) is 11.1. The maximum Gasteiger partial charge on any atom is 0.243 e. The van der Waals surface area contributed by atoms with E-state index in [1.165, 1.54) is 19.5 Å². The number of pyridine rings is 1. The molecule has 0 N–H and O–H groups in total. The molecule has 5 nitrogen and oxygen atoms in total. The number of ether oxygens (including phenoxy) is 1. The largest absolute Gasteiger partial charge is 0.479 e. The minimum atomic E-state index is -0.336. The summed E-state index contributed by atoms with van der Waals surface area (Å²) >= 11 is 3.39. The molecular weight excluding hydrogens is 334 g/mol. The molecular formula is C15H10BrN3O2. The standard InChI is InChI=1S/C15H10BrN3O2/c1-21-15-13(17-6-7-18-15)14(20)12-10(16)8-9-4-2-3-5-11(9)19-12/h2-8H,1H3. The Bertz CT molecular complexity index is 836. The van der Waals surface area contributed by atoms with E-state index < -0.39 is 0 Å². The molecule has 0 unspecified atom stereocenters. The van der Waals surface area contributed by atoms with Gasteiger partial charge in [-0.15, -0.1) is 0 Å². The van der Waals surface area contributed by atoms with E-state index in [-0.39, 0.29) is 23.1 Å². The minimum Gasteiger partial charge on any atom is -0.479 e. The van der Waals surface area contributed by atoms with Gasteiger partial charge in [0.05, 0.1) is 12.6 Å². The van der Waals surface area contributed by atoms with E-state index in [1.807, 2.05) is 30.3 Å². The summed E-state index contributed by atoms with van der Waals surface area (Å²) in [6.45, 7) is 0. The minimum absolute atomic E-state index is 0.142. The number of carbonyl (C=O) groups is 1. The maximum atomic E-state index is 12.6. The van der Waals surface area contributed by atoms with Gasteiger partial charge in [-0.05, 0) is 28.1 Å². The number of para-hydroxylation sites is 1. The van der Waals surface area contributed by atoms with Crippen molar-refractivity contribution in [3.05, 3.63) is 58.6 Å². The van der Waals surface area contributed by atoms with Crippen LogP contribution in [0.3, 0.4) is 0 Å². The van der Waals surface area contributed by atoms with Crippen molar-refractivity contribution in [3.63, 3.8) is 0 Å². The van der Waals surface area contributed by atoms with E-state index in [0.717, 1.165) is 10.9 Å². The summed E-state index contributed by atoms with van der Waals surface area (Å²) in [5.74, 6) is -0.151. The van der Waals surface area contributed by atoms with Crippen LogP contribution in [0.1, 0.15) is 16.2 Å². The Balaban J connectivity index is 2.15. The first kappa shape index (κ1) is 13.6. The predicted octanol–water partition coefficient (Wildman–Crippen LogP) is 3.03. The SMILES string of the molecule is COc1nccnc1C(=O)c1nc2ccccc2cc1Br. The highest BCUT2D eigenvalue weighted by Gasteiger charge is 2.21. The van der Waals surface area contributed by atoms with E-state index in [4.69, 9.17) is 4.74 Å². The van der Waals surface area contributed by atoms with Gasteiger partial charge in [0.25, 0.3) is 0 Å². The predicted molar refractivity (Wildman–Crippen MR) is 81.5 cm³/mol. The quantitative estimate of drug-likeness (QED) is 0.684. The van der Waals surface area contributed by atoms with Crippen LogP contribution in [0.25, 0.3) is 10.9 Å².